The molecule has 2 heterocycles. The molecule has 0 spiro atoms. The van der Waals surface area contributed by atoms with Gasteiger partial charge in [0.25, 0.3) is 11.6 Å². The molecule has 2 fully saturated rings. The second-order valence-corrected chi connectivity index (χ2v) is 11.9. The molecule has 0 N–H and O–H groups in total. The zero-order valence-corrected chi connectivity index (χ0v) is 24.7. The smallest absolute Gasteiger partial charge is 0.339 e. The predicted octanol–water partition coefficient (Wildman–Crippen LogP) is 5.20. The molecule has 2 aliphatic rings. The number of ether oxygens (including phenoxy) is 1. The molecule has 3 atom stereocenters. The molecule has 230 valence electrons. The number of anilines is 2. The van der Waals surface area contributed by atoms with E-state index in [0.29, 0.717) is 23.6 Å². The summed E-state index contributed by atoms with van der Waals surface area (Å²) in [6.07, 6.45) is -0.392. The Kier molecular flexibility index (Phi) is 7.96. The minimum absolute atomic E-state index is 0.0157. The summed E-state index contributed by atoms with van der Waals surface area (Å²) in [6, 6.07) is 25.0. The van der Waals surface area contributed by atoms with Crippen LogP contribution in [0.5, 0.6) is 11.5 Å². The fourth-order valence-electron chi connectivity index (χ4n) is 5.37. The number of hydrogen-bond acceptors (Lipinski definition) is 10. The Morgan fingerprint density at radius 2 is 1.53 bits per heavy atom. The number of non-ortho nitro benzene ring substituents is 1. The first kappa shape index (κ1) is 29.8. The topological polar surface area (TPSA) is 146 Å². The second-order valence-electron chi connectivity index (χ2n) is 10.4. The summed E-state index contributed by atoms with van der Waals surface area (Å²) in [7, 11) is -4.10. The Balaban J connectivity index is 1.34. The average molecular weight is 630 g/mol. The second kappa shape index (κ2) is 12.0. The van der Waals surface area contributed by atoms with Crippen LogP contribution in [0.1, 0.15) is 24.9 Å². The van der Waals surface area contributed by atoms with Crippen molar-refractivity contribution >= 4 is 39.0 Å². The van der Waals surface area contributed by atoms with Gasteiger partial charge in [0, 0.05) is 12.1 Å². The van der Waals surface area contributed by atoms with Gasteiger partial charge in [-0.1, -0.05) is 43.3 Å². The largest absolute Gasteiger partial charge is 0.494 e. The molecule has 0 saturated carbocycles. The maximum absolute atomic E-state index is 14.0. The molecule has 2 saturated heterocycles. The quantitative estimate of drug-likeness (QED) is 0.0993. The monoisotopic (exact) mass is 629 g/mol. The highest BCUT2D eigenvalue weighted by Gasteiger charge is 2.60. The predicted molar refractivity (Wildman–Crippen MR) is 162 cm³/mol. The van der Waals surface area contributed by atoms with Gasteiger partial charge in [-0.05, 0) is 66.6 Å². The number of nitro groups is 1. The van der Waals surface area contributed by atoms with E-state index >= 15 is 0 Å². The summed E-state index contributed by atoms with van der Waals surface area (Å²) in [5.74, 6) is -1.49. The van der Waals surface area contributed by atoms with Crippen molar-refractivity contribution in [2.75, 3.05) is 16.6 Å². The van der Waals surface area contributed by atoms with Crippen molar-refractivity contribution in [3.8, 4) is 11.5 Å². The lowest BCUT2D eigenvalue weighted by atomic mass is 9.90. The van der Waals surface area contributed by atoms with Gasteiger partial charge in [-0.15, -0.1) is 0 Å². The van der Waals surface area contributed by atoms with E-state index in [9.17, 15) is 28.1 Å². The zero-order valence-electron chi connectivity index (χ0n) is 23.9. The van der Waals surface area contributed by atoms with Crippen molar-refractivity contribution in [3.05, 3.63) is 119 Å². The van der Waals surface area contributed by atoms with Gasteiger partial charge in [0.2, 0.25) is 5.91 Å². The molecule has 2 aliphatic heterocycles. The van der Waals surface area contributed by atoms with Gasteiger partial charge in [-0.25, -0.2) is 9.96 Å². The third-order valence-corrected chi connectivity index (χ3v) is 8.70. The molecule has 12 nitrogen and oxygen atoms in total. The number of nitro benzene ring substituents is 1. The number of rotatable bonds is 10. The number of imide groups is 1. The fraction of sp³-hybridized carbons (Fsp3) is 0.188. The van der Waals surface area contributed by atoms with Crippen molar-refractivity contribution in [2.24, 2.45) is 5.92 Å². The summed E-state index contributed by atoms with van der Waals surface area (Å²) >= 11 is 0. The molecule has 0 aliphatic carbocycles. The van der Waals surface area contributed by atoms with E-state index in [1.807, 2.05) is 6.92 Å². The van der Waals surface area contributed by atoms with E-state index in [-0.39, 0.29) is 22.0 Å². The lowest BCUT2D eigenvalue weighted by molar-refractivity contribution is -0.384. The normalized spacial score (nSPS) is 19.4. The van der Waals surface area contributed by atoms with Crippen LogP contribution in [-0.4, -0.2) is 37.9 Å². The summed E-state index contributed by atoms with van der Waals surface area (Å²) in [6.45, 7) is 2.51. The molecule has 0 aromatic heterocycles. The third-order valence-electron chi connectivity index (χ3n) is 7.44. The van der Waals surface area contributed by atoms with E-state index in [1.54, 1.807) is 60.7 Å². The van der Waals surface area contributed by atoms with Gasteiger partial charge >= 0.3 is 10.1 Å². The first-order chi connectivity index (χ1) is 21.7. The third kappa shape index (κ3) is 5.70. The van der Waals surface area contributed by atoms with Gasteiger partial charge in [0.05, 0.1) is 28.9 Å². The summed E-state index contributed by atoms with van der Waals surface area (Å²) in [5.41, 5.74) is 0.902. The molecule has 0 bridgehead atoms. The molecular weight excluding hydrogens is 602 g/mol. The Morgan fingerprint density at radius 3 is 2.20 bits per heavy atom. The molecule has 2 amide bonds. The summed E-state index contributed by atoms with van der Waals surface area (Å²) < 4.78 is 36.4. The highest BCUT2D eigenvalue weighted by atomic mass is 32.2. The SMILES string of the molecule is CCCOc1ccc(N2C(=O)[C@@H]3[C@H](ON(c4cccc([N+](=O)[O-])c4)[C@@H]3c3ccc(OS(=O)(=O)c4ccccc4)cc3)C2=O)cc1. The molecule has 4 aromatic rings. The van der Waals surface area contributed by atoms with Crippen LogP contribution in [0.4, 0.5) is 17.1 Å². The van der Waals surface area contributed by atoms with Gasteiger partial charge in [-0.3, -0.25) is 24.5 Å². The Morgan fingerprint density at radius 1 is 0.844 bits per heavy atom. The number of hydrogen-bond donors (Lipinski definition) is 0. The highest BCUT2D eigenvalue weighted by Crippen LogP contribution is 2.48. The van der Waals surface area contributed by atoms with E-state index in [0.717, 1.165) is 11.3 Å². The minimum Gasteiger partial charge on any atom is -0.494 e. The number of nitrogens with zero attached hydrogens (tertiary/aromatic N) is 3. The molecule has 6 rings (SSSR count). The minimum atomic E-state index is -4.10. The number of hydroxylamine groups is 1. The van der Waals surface area contributed by atoms with Crippen LogP contribution < -0.4 is 18.9 Å². The number of benzene rings is 4. The van der Waals surface area contributed by atoms with Crippen molar-refractivity contribution in [3.63, 3.8) is 0 Å². The van der Waals surface area contributed by atoms with E-state index < -0.39 is 44.9 Å². The maximum atomic E-state index is 14.0. The van der Waals surface area contributed by atoms with Crippen LogP contribution in [0.15, 0.2) is 108 Å². The average Bonchev–Trinajstić information content (AvgIpc) is 3.56. The first-order valence-corrected chi connectivity index (χ1v) is 15.5. The van der Waals surface area contributed by atoms with Crippen LogP contribution in [0.25, 0.3) is 0 Å². The summed E-state index contributed by atoms with van der Waals surface area (Å²) in [5, 5.41) is 12.8. The number of carbonyl (C=O) groups excluding carboxylic acids is 2. The molecule has 4 aromatic carbocycles. The Hall–Kier alpha value is -5.27. The fourth-order valence-corrected chi connectivity index (χ4v) is 6.32. The highest BCUT2D eigenvalue weighted by molar-refractivity contribution is 7.87. The van der Waals surface area contributed by atoms with Crippen LogP contribution in [0.3, 0.4) is 0 Å². The molecule has 45 heavy (non-hydrogen) atoms. The van der Waals surface area contributed by atoms with Crippen molar-refractivity contribution in [1.29, 1.82) is 0 Å². The molecular formula is C32H27N3O9S. The molecule has 13 heteroatoms. The van der Waals surface area contributed by atoms with Crippen molar-refractivity contribution < 1.29 is 36.7 Å². The standard InChI is InChI=1S/C32H27N3O9S/c1-2-19-42-25-17-13-22(14-18-25)33-31(36)28-29(34(43-30(28)32(33)37)23-7-6-8-24(20-23)35(38)39)21-11-15-26(16-12-21)44-45(40,41)27-9-4-3-5-10-27/h3-18,20,28-30H,2,19H2,1H3/t28-,29+,30-/m0/s1. The Labute approximate surface area is 258 Å². The molecule has 0 unspecified atom stereocenters. The van der Waals surface area contributed by atoms with Crippen LogP contribution in [0.2, 0.25) is 0 Å². The number of fused-ring (bicyclic) bond motifs is 1. The van der Waals surface area contributed by atoms with E-state index in [1.165, 1.54) is 47.5 Å². The molecule has 0 radical (unpaired) electrons. The van der Waals surface area contributed by atoms with Crippen LogP contribution >= 0.6 is 0 Å². The summed E-state index contributed by atoms with van der Waals surface area (Å²) in [4.78, 5) is 45.7. The van der Waals surface area contributed by atoms with E-state index in [2.05, 4.69) is 0 Å². The van der Waals surface area contributed by atoms with Gasteiger partial charge in [0.1, 0.15) is 22.3 Å². The zero-order chi connectivity index (χ0) is 31.7. The maximum Gasteiger partial charge on any atom is 0.339 e. The van der Waals surface area contributed by atoms with Gasteiger partial charge in [0.15, 0.2) is 6.10 Å². The van der Waals surface area contributed by atoms with Crippen molar-refractivity contribution in [1.82, 2.24) is 0 Å². The lowest BCUT2D eigenvalue weighted by Gasteiger charge is -2.28. The number of amides is 2. The van der Waals surface area contributed by atoms with Gasteiger partial charge < -0.3 is 8.92 Å². The van der Waals surface area contributed by atoms with Crippen molar-refractivity contribution in [2.45, 2.75) is 30.4 Å². The van der Waals surface area contributed by atoms with E-state index in [4.69, 9.17) is 13.8 Å². The first-order valence-electron chi connectivity index (χ1n) is 14.1. The van der Waals surface area contributed by atoms with Crippen LogP contribution in [0, 0.1) is 16.0 Å². The van der Waals surface area contributed by atoms with Crippen LogP contribution in [-0.2, 0) is 24.5 Å². The Bertz CT molecular complexity index is 1850. The number of carbonyl (C=O) groups is 2. The lowest BCUT2D eigenvalue weighted by Crippen LogP contribution is -2.37. The van der Waals surface area contributed by atoms with Gasteiger partial charge in [-0.2, -0.15) is 8.42 Å².